The molecule has 0 aliphatic carbocycles. The number of hydrogen-bond donors (Lipinski definition) is 2. The molecule has 68 valence electrons. The maximum atomic E-state index is 12.8. The van der Waals surface area contributed by atoms with Gasteiger partial charge >= 0.3 is 6.09 Å². The van der Waals surface area contributed by atoms with E-state index >= 15 is 0 Å². The minimum Gasteiger partial charge on any atom is -0.465 e. The van der Waals surface area contributed by atoms with E-state index in [2.05, 4.69) is 4.98 Å². The van der Waals surface area contributed by atoms with E-state index < -0.39 is 17.5 Å². The Bertz CT molecular complexity index is 354. The summed E-state index contributed by atoms with van der Waals surface area (Å²) in [4.78, 5) is 24.0. The van der Waals surface area contributed by atoms with Crippen molar-refractivity contribution >= 4 is 18.2 Å². The van der Waals surface area contributed by atoms with E-state index in [4.69, 9.17) is 5.11 Å². The van der Waals surface area contributed by atoms with Crippen molar-refractivity contribution in [1.82, 2.24) is 4.98 Å². The third kappa shape index (κ3) is 1.98. The van der Waals surface area contributed by atoms with Crippen LogP contribution in [0.1, 0.15) is 10.4 Å². The van der Waals surface area contributed by atoms with Crippen LogP contribution in [0.4, 0.5) is 15.0 Å². The SMILES string of the molecule is O=Cc1c(F)ccnc1NC(=O)O. The number of aromatic nitrogens is 1. The Morgan fingerprint density at radius 3 is 2.92 bits per heavy atom. The highest BCUT2D eigenvalue weighted by Crippen LogP contribution is 2.12. The van der Waals surface area contributed by atoms with Crippen LogP contribution >= 0.6 is 0 Å². The Hall–Kier alpha value is -1.98. The second-order valence-corrected chi connectivity index (χ2v) is 2.10. The van der Waals surface area contributed by atoms with Gasteiger partial charge in [0.1, 0.15) is 11.6 Å². The predicted molar refractivity (Wildman–Crippen MR) is 41.2 cm³/mol. The standard InChI is InChI=1S/C7H5FN2O3/c8-5-1-2-9-6(4(5)3-11)10-7(12)13/h1-3H,(H,9,10)(H,12,13). The highest BCUT2D eigenvalue weighted by molar-refractivity contribution is 5.90. The number of nitrogens with zero attached hydrogens (tertiary/aromatic N) is 1. The lowest BCUT2D eigenvalue weighted by molar-refractivity contribution is 0.112. The van der Waals surface area contributed by atoms with Gasteiger partial charge in [0.15, 0.2) is 6.29 Å². The third-order valence-electron chi connectivity index (χ3n) is 1.28. The van der Waals surface area contributed by atoms with Gasteiger partial charge in [-0.3, -0.25) is 10.1 Å². The summed E-state index contributed by atoms with van der Waals surface area (Å²) in [5.74, 6) is -1.11. The monoisotopic (exact) mass is 184 g/mol. The predicted octanol–water partition coefficient (Wildman–Crippen LogP) is 1.12. The first-order chi connectivity index (χ1) is 6.15. The number of amides is 1. The molecule has 0 aliphatic heterocycles. The second-order valence-electron chi connectivity index (χ2n) is 2.10. The fourth-order valence-corrected chi connectivity index (χ4v) is 0.763. The summed E-state index contributed by atoms with van der Waals surface area (Å²) in [6.07, 6.45) is -0.137. The quantitative estimate of drug-likeness (QED) is 0.675. The zero-order valence-electron chi connectivity index (χ0n) is 6.32. The maximum absolute atomic E-state index is 12.8. The van der Waals surface area contributed by atoms with Crippen LogP contribution in [0, 0.1) is 5.82 Å². The van der Waals surface area contributed by atoms with Crippen molar-refractivity contribution in [3.63, 3.8) is 0 Å². The summed E-state index contributed by atoms with van der Waals surface area (Å²) in [5, 5.41) is 10.1. The average Bonchev–Trinajstić information content (AvgIpc) is 2.03. The van der Waals surface area contributed by atoms with E-state index in [9.17, 15) is 14.0 Å². The fourth-order valence-electron chi connectivity index (χ4n) is 0.763. The summed E-state index contributed by atoms with van der Waals surface area (Å²) in [6, 6.07) is 0.969. The molecular formula is C7H5FN2O3. The molecular weight excluding hydrogens is 179 g/mol. The molecule has 1 rings (SSSR count). The summed E-state index contributed by atoms with van der Waals surface area (Å²) < 4.78 is 12.8. The van der Waals surface area contributed by atoms with E-state index in [-0.39, 0.29) is 12.1 Å². The van der Waals surface area contributed by atoms with Crippen LogP contribution in [-0.2, 0) is 0 Å². The largest absolute Gasteiger partial charge is 0.465 e. The Balaban J connectivity index is 3.12. The number of aldehydes is 1. The van der Waals surface area contributed by atoms with Crippen molar-refractivity contribution in [2.75, 3.05) is 5.32 Å². The van der Waals surface area contributed by atoms with Crippen molar-refractivity contribution in [2.24, 2.45) is 0 Å². The number of carbonyl (C=O) groups excluding carboxylic acids is 1. The molecule has 0 unspecified atom stereocenters. The lowest BCUT2D eigenvalue weighted by Gasteiger charge is -2.02. The molecule has 0 bridgehead atoms. The molecule has 1 amide bonds. The van der Waals surface area contributed by atoms with Gasteiger partial charge in [0.05, 0.1) is 5.56 Å². The van der Waals surface area contributed by atoms with Gasteiger partial charge in [-0.25, -0.2) is 14.2 Å². The average molecular weight is 184 g/mol. The second kappa shape index (κ2) is 3.61. The maximum Gasteiger partial charge on any atom is 0.410 e. The van der Waals surface area contributed by atoms with Crippen LogP contribution in [-0.4, -0.2) is 22.5 Å². The van der Waals surface area contributed by atoms with Gasteiger partial charge in [0.2, 0.25) is 0 Å². The first kappa shape index (κ1) is 9.11. The molecule has 5 nitrogen and oxygen atoms in total. The number of anilines is 1. The lowest BCUT2D eigenvalue weighted by atomic mass is 10.2. The normalized spacial score (nSPS) is 9.31. The molecule has 13 heavy (non-hydrogen) atoms. The number of pyridine rings is 1. The minimum atomic E-state index is -1.40. The third-order valence-corrected chi connectivity index (χ3v) is 1.28. The van der Waals surface area contributed by atoms with Crippen LogP contribution in [0.25, 0.3) is 0 Å². The number of carbonyl (C=O) groups is 2. The molecule has 1 aromatic heterocycles. The molecule has 1 heterocycles. The van der Waals surface area contributed by atoms with E-state index in [0.29, 0.717) is 0 Å². The number of rotatable bonds is 2. The molecule has 0 fully saturated rings. The molecule has 2 N–H and O–H groups in total. The molecule has 0 aliphatic rings. The molecule has 0 atom stereocenters. The molecule has 1 aromatic rings. The van der Waals surface area contributed by atoms with E-state index in [1.165, 1.54) is 0 Å². The van der Waals surface area contributed by atoms with E-state index in [0.717, 1.165) is 12.3 Å². The topological polar surface area (TPSA) is 79.3 Å². The lowest BCUT2D eigenvalue weighted by Crippen LogP contribution is -2.11. The van der Waals surface area contributed by atoms with Gasteiger partial charge in [0.25, 0.3) is 0 Å². The van der Waals surface area contributed by atoms with Crippen molar-refractivity contribution in [1.29, 1.82) is 0 Å². The Kier molecular flexibility index (Phi) is 2.53. The Labute approximate surface area is 72.2 Å². The summed E-state index contributed by atoms with van der Waals surface area (Å²) in [6.45, 7) is 0. The minimum absolute atomic E-state index is 0.202. The first-order valence-electron chi connectivity index (χ1n) is 3.24. The molecule has 0 saturated heterocycles. The Morgan fingerprint density at radius 2 is 2.38 bits per heavy atom. The number of hydrogen-bond acceptors (Lipinski definition) is 3. The molecule has 0 aromatic carbocycles. The molecule has 0 radical (unpaired) electrons. The summed E-state index contributed by atoms with van der Waals surface area (Å²) >= 11 is 0. The van der Waals surface area contributed by atoms with E-state index in [1.54, 1.807) is 5.32 Å². The summed E-state index contributed by atoms with van der Waals surface area (Å²) in [7, 11) is 0. The smallest absolute Gasteiger partial charge is 0.410 e. The summed E-state index contributed by atoms with van der Waals surface area (Å²) in [5.41, 5.74) is -0.398. The van der Waals surface area contributed by atoms with Crippen molar-refractivity contribution in [2.45, 2.75) is 0 Å². The molecule has 0 saturated carbocycles. The van der Waals surface area contributed by atoms with Crippen LogP contribution < -0.4 is 5.32 Å². The van der Waals surface area contributed by atoms with Gasteiger partial charge < -0.3 is 5.11 Å². The van der Waals surface area contributed by atoms with Crippen molar-refractivity contribution in [3.8, 4) is 0 Å². The highest BCUT2D eigenvalue weighted by Gasteiger charge is 2.10. The number of carboxylic acid groups (broad SMARTS) is 1. The van der Waals surface area contributed by atoms with Crippen molar-refractivity contribution in [3.05, 3.63) is 23.6 Å². The zero-order valence-corrected chi connectivity index (χ0v) is 6.32. The van der Waals surface area contributed by atoms with Crippen molar-refractivity contribution < 1.29 is 19.1 Å². The van der Waals surface area contributed by atoms with Crippen LogP contribution in [0.5, 0.6) is 0 Å². The molecule has 0 spiro atoms. The highest BCUT2D eigenvalue weighted by atomic mass is 19.1. The van der Waals surface area contributed by atoms with E-state index in [1.807, 2.05) is 0 Å². The number of halogens is 1. The van der Waals surface area contributed by atoms with Gasteiger partial charge in [-0.2, -0.15) is 0 Å². The molecule has 6 heteroatoms. The van der Waals surface area contributed by atoms with Gasteiger partial charge in [-0.1, -0.05) is 0 Å². The first-order valence-corrected chi connectivity index (χ1v) is 3.24. The van der Waals surface area contributed by atoms with Crippen LogP contribution in [0.3, 0.4) is 0 Å². The number of nitrogens with one attached hydrogen (secondary N) is 1. The van der Waals surface area contributed by atoms with Crippen LogP contribution in [0.15, 0.2) is 12.3 Å². The van der Waals surface area contributed by atoms with Gasteiger partial charge in [0, 0.05) is 6.20 Å². The fraction of sp³-hybridized carbons (Fsp3) is 0. The van der Waals surface area contributed by atoms with Gasteiger partial charge in [-0.05, 0) is 6.07 Å². The zero-order chi connectivity index (χ0) is 9.84. The van der Waals surface area contributed by atoms with Crippen LogP contribution in [0.2, 0.25) is 0 Å². The Morgan fingerprint density at radius 1 is 1.69 bits per heavy atom. The van der Waals surface area contributed by atoms with Gasteiger partial charge in [-0.15, -0.1) is 0 Å².